The summed E-state index contributed by atoms with van der Waals surface area (Å²) < 4.78 is 0. The van der Waals surface area contributed by atoms with E-state index in [2.05, 4.69) is 5.32 Å². The van der Waals surface area contributed by atoms with E-state index in [4.69, 9.17) is 17.3 Å². The number of nitrogens with zero attached hydrogens (tertiary/aromatic N) is 1. The number of hydrogen-bond donors (Lipinski definition) is 2. The molecule has 0 heterocycles. The molecular formula is C12H18ClN3O2. The summed E-state index contributed by atoms with van der Waals surface area (Å²) in [6.45, 7) is 6.32. The van der Waals surface area contributed by atoms with Crippen molar-refractivity contribution in [1.82, 2.24) is 0 Å². The second-order valence-corrected chi connectivity index (χ2v) is 5.20. The summed E-state index contributed by atoms with van der Waals surface area (Å²) in [4.78, 5) is 10.6. The molecule has 1 rings (SSSR count). The van der Waals surface area contributed by atoms with Crippen LogP contribution in [0.2, 0.25) is 5.02 Å². The first kappa shape index (κ1) is 14.7. The third kappa shape index (κ3) is 2.91. The second kappa shape index (κ2) is 5.54. The Labute approximate surface area is 111 Å². The summed E-state index contributed by atoms with van der Waals surface area (Å²) in [5.41, 5.74) is 5.62. The van der Waals surface area contributed by atoms with Crippen LogP contribution in [0.15, 0.2) is 18.2 Å². The van der Waals surface area contributed by atoms with E-state index in [1.165, 1.54) is 6.07 Å². The Kier molecular flexibility index (Phi) is 4.53. The summed E-state index contributed by atoms with van der Waals surface area (Å²) in [6, 6.07) is 4.81. The minimum atomic E-state index is -0.484. The predicted octanol–water partition coefficient (Wildman–Crippen LogP) is 3.03. The van der Waals surface area contributed by atoms with E-state index in [0.717, 1.165) is 0 Å². The standard InChI is InChI=1S/C12H18ClN3O2/c1-8(2)12(3,7-14)15-10-6-4-5-9(13)11(10)16(17)18/h4-6,8,15H,7,14H2,1-3H3. The van der Waals surface area contributed by atoms with Crippen molar-refractivity contribution in [3.63, 3.8) is 0 Å². The van der Waals surface area contributed by atoms with E-state index in [0.29, 0.717) is 12.2 Å². The third-order valence-electron chi connectivity index (χ3n) is 3.29. The first-order chi connectivity index (χ1) is 8.31. The molecule has 0 bridgehead atoms. The number of benzene rings is 1. The van der Waals surface area contributed by atoms with Crippen LogP contribution in [0.5, 0.6) is 0 Å². The summed E-state index contributed by atoms with van der Waals surface area (Å²) in [5.74, 6) is 0.223. The Hall–Kier alpha value is -1.33. The molecule has 0 aliphatic rings. The summed E-state index contributed by atoms with van der Waals surface area (Å²) >= 11 is 5.86. The van der Waals surface area contributed by atoms with Crippen LogP contribution in [0.3, 0.4) is 0 Å². The van der Waals surface area contributed by atoms with Gasteiger partial charge >= 0.3 is 5.69 Å². The smallest absolute Gasteiger partial charge is 0.310 e. The molecular weight excluding hydrogens is 254 g/mol. The predicted molar refractivity (Wildman–Crippen MR) is 74.0 cm³/mol. The van der Waals surface area contributed by atoms with Gasteiger partial charge in [-0.1, -0.05) is 31.5 Å². The molecule has 18 heavy (non-hydrogen) atoms. The maximum Gasteiger partial charge on any atom is 0.310 e. The number of hydrogen-bond acceptors (Lipinski definition) is 4. The quantitative estimate of drug-likeness (QED) is 0.637. The van der Waals surface area contributed by atoms with Crippen molar-refractivity contribution in [2.24, 2.45) is 11.7 Å². The van der Waals surface area contributed by atoms with Crippen molar-refractivity contribution < 1.29 is 4.92 Å². The number of nitro groups is 1. The molecule has 5 nitrogen and oxygen atoms in total. The van der Waals surface area contributed by atoms with E-state index in [1.807, 2.05) is 20.8 Å². The largest absolute Gasteiger partial charge is 0.373 e. The molecule has 100 valence electrons. The summed E-state index contributed by atoms with van der Waals surface area (Å²) in [6.07, 6.45) is 0. The van der Waals surface area contributed by atoms with Crippen LogP contribution in [0, 0.1) is 16.0 Å². The molecule has 6 heteroatoms. The van der Waals surface area contributed by atoms with Gasteiger partial charge in [-0.25, -0.2) is 0 Å². The molecule has 1 unspecified atom stereocenters. The molecule has 0 amide bonds. The lowest BCUT2D eigenvalue weighted by atomic mass is 9.88. The van der Waals surface area contributed by atoms with Gasteiger partial charge in [0.2, 0.25) is 0 Å². The average molecular weight is 272 g/mol. The Bertz CT molecular complexity index is 451. The summed E-state index contributed by atoms with van der Waals surface area (Å²) in [5, 5.41) is 14.3. The Balaban J connectivity index is 3.19. The fourth-order valence-corrected chi connectivity index (χ4v) is 1.78. The SMILES string of the molecule is CC(C)C(C)(CN)Nc1cccc(Cl)c1[N+](=O)[O-]. The number of anilines is 1. The zero-order valence-corrected chi connectivity index (χ0v) is 11.5. The fourth-order valence-electron chi connectivity index (χ4n) is 1.54. The highest BCUT2D eigenvalue weighted by Crippen LogP contribution is 2.35. The van der Waals surface area contributed by atoms with Gasteiger partial charge < -0.3 is 11.1 Å². The molecule has 1 aromatic carbocycles. The highest BCUT2D eigenvalue weighted by Gasteiger charge is 2.30. The van der Waals surface area contributed by atoms with Gasteiger partial charge in [0.25, 0.3) is 0 Å². The Morgan fingerprint density at radius 3 is 2.61 bits per heavy atom. The third-order valence-corrected chi connectivity index (χ3v) is 3.59. The highest BCUT2D eigenvalue weighted by atomic mass is 35.5. The minimum absolute atomic E-state index is 0.112. The van der Waals surface area contributed by atoms with Crippen LogP contribution in [-0.2, 0) is 0 Å². The minimum Gasteiger partial charge on any atom is -0.373 e. The lowest BCUT2D eigenvalue weighted by molar-refractivity contribution is -0.383. The number of halogens is 1. The Morgan fingerprint density at radius 1 is 1.56 bits per heavy atom. The number of para-hydroxylation sites is 1. The fraction of sp³-hybridized carbons (Fsp3) is 0.500. The van der Waals surface area contributed by atoms with Crippen LogP contribution >= 0.6 is 11.6 Å². The lowest BCUT2D eigenvalue weighted by Gasteiger charge is -2.34. The number of nitrogens with one attached hydrogen (secondary N) is 1. The molecule has 0 aromatic heterocycles. The maximum atomic E-state index is 11.0. The molecule has 0 aliphatic carbocycles. The van der Waals surface area contributed by atoms with Crippen molar-refractivity contribution in [1.29, 1.82) is 0 Å². The number of nitro benzene ring substituents is 1. The average Bonchev–Trinajstić information content (AvgIpc) is 2.28. The van der Waals surface area contributed by atoms with Gasteiger partial charge in [-0.15, -0.1) is 0 Å². The number of rotatable bonds is 5. The van der Waals surface area contributed by atoms with Crippen molar-refractivity contribution in [3.05, 3.63) is 33.3 Å². The van der Waals surface area contributed by atoms with E-state index in [1.54, 1.807) is 12.1 Å². The van der Waals surface area contributed by atoms with Crippen molar-refractivity contribution in [2.75, 3.05) is 11.9 Å². The van der Waals surface area contributed by atoms with Crippen LogP contribution < -0.4 is 11.1 Å². The van der Waals surface area contributed by atoms with E-state index in [9.17, 15) is 10.1 Å². The molecule has 0 fully saturated rings. The van der Waals surface area contributed by atoms with Gasteiger partial charge in [-0.2, -0.15) is 0 Å². The zero-order valence-electron chi connectivity index (χ0n) is 10.7. The maximum absolute atomic E-state index is 11.0. The summed E-state index contributed by atoms with van der Waals surface area (Å²) in [7, 11) is 0. The lowest BCUT2D eigenvalue weighted by Crippen LogP contribution is -2.47. The molecule has 0 radical (unpaired) electrons. The van der Waals surface area contributed by atoms with Crippen molar-refractivity contribution >= 4 is 23.0 Å². The topological polar surface area (TPSA) is 81.2 Å². The molecule has 0 saturated carbocycles. The van der Waals surface area contributed by atoms with Crippen molar-refractivity contribution in [3.8, 4) is 0 Å². The van der Waals surface area contributed by atoms with Gasteiger partial charge in [-0.05, 0) is 25.0 Å². The molecule has 0 aliphatic heterocycles. The van der Waals surface area contributed by atoms with E-state index >= 15 is 0 Å². The van der Waals surface area contributed by atoms with Crippen LogP contribution in [0.4, 0.5) is 11.4 Å². The molecule has 1 atom stereocenters. The molecule has 0 saturated heterocycles. The molecule has 1 aromatic rings. The van der Waals surface area contributed by atoms with Gasteiger partial charge in [-0.3, -0.25) is 10.1 Å². The van der Waals surface area contributed by atoms with Crippen LogP contribution in [-0.4, -0.2) is 17.0 Å². The molecule has 0 spiro atoms. The second-order valence-electron chi connectivity index (χ2n) is 4.79. The number of nitrogens with two attached hydrogens (primary N) is 1. The molecule has 3 N–H and O–H groups in total. The van der Waals surface area contributed by atoms with Gasteiger partial charge in [0.1, 0.15) is 10.7 Å². The monoisotopic (exact) mass is 271 g/mol. The van der Waals surface area contributed by atoms with Gasteiger partial charge in [0, 0.05) is 12.1 Å². The van der Waals surface area contributed by atoms with Crippen LogP contribution in [0.25, 0.3) is 0 Å². The van der Waals surface area contributed by atoms with Gasteiger partial charge in [0.15, 0.2) is 0 Å². The van der Waals surface area contributed by atoms with E-state index in [-0.39, 0.29) is 16.6 Å². The first-order valence-corrected chi connectivity index (χ1v) is 6.10. The first-order valence-electron chi connectivity index (χ1n) is 5.73. The van der Waals surface area contributed by atoms with E-state index < -0.39 is 10.5 Å². The Morgan fingerprint density at radius 2 is 2.17 bits per heavy atom. The van der Waals surface area contributed by atoms with Gasteiger partial charge in [0.05, 0.1) is 4.92 Å². The van der Waals surface area contributed by atoms with Crippen LogP contribution in [0.1, 0.15) is 20.8 Å². The normalized spacial score (nSPS) is 14.3. The highest BCUT2D eigenvalue weighted by molar-refractivity contribution is 6.33. The van der Waals surface area contributed by atoms with Crippen molar-refractivity contribution in [2.45, 2.75) is 26.3 Å². The zero-order chi connectivity index (χ0) is 13.9.